The normalized spacial score (nSPS) is 11.5. The zero-order valence-electron chi connectivity index (χ0n) is 15.7. The van der Waals surface area contributed by atoms with E-state index in [0.717, 1.165) is 17.1 Å². The minimum atomic E-state index is -0.321. The maximum atomic E-state index is 12.9. The van der Waals surface area contributed by atoms with Crippen molar-refractivity contribution in [1.29, 1.82) is 0 Å². The number of ether oxygens (including phenoxy) is 1. The molecule has 3 aromatic rings. The summed E-state index contributed by atoms with van der Waals surface area (Å²) >= 11 is 1.02. The van der Waals surface area contributed by atoms with Crippen LogP contribution in [0, 0.1) is 0 Å². The van der Waals surface area contributed by atoms with Crippen LogP contribution in [0.1, 0.15) is 35.1 Å². The SMILES string of the molecule is COc1cccc([C@H](C)NC(=O)c2snc(-c3ccccn3)c2NC(C)=O)c1. The molecule has 1 aromatic carbocycles. The summed E-state index contributed by atoms with van der Waals surface area (Å²) in [6.45, 7) is 3.27. The third kappa shape index (κ3) is 4.34. The molecule has 0 saturated carbocycles. The van der Waals surface area contributed by atoms with E-state index in [1.165, 1.54) is 6.92 Å². The molecule has 3 rings (SSSR count). The molecule has 0 unspecified atom stereocenters. The second-order valence-corrected chi connectivity index (χ2v) is 6.88. The molecule has 144 valence electrons. The summed E-state index contributed by atoms with van der Waals surface area (Å²) in [5.74, 6) is 0.110. The zero-order chi connectivity index (χ0) is 20.1. The van der Waals surface area contributed by atoms with E-state index in [-0.39, 0.29) is 17.9 Å². The van der Waals surface area contributed by atoms with Crippen molar-refractivity contribution in [2.75, 3.05) is 12.4 Å². The van der Waals surface area contributed by atoms with E-state index in [1.54, 1.807) is 25.4 Å². The Kier molecular flexibility index (Phi) is 6.00. The lowest BCUT2D eigenvalue weighted by molar-refractivity contribution is -0.114. The summed E-state index contributed by atoms with van der Waals surface area (Å²) in [5.41, 5.74) is 2.33. The number of anilines is 1. The average Bonchev–Trinajstić information content (AvgIpc) is 3.11. The fourth-order valence-electron chi connectivity index (χ4n) is 2.67. The molecule has 0 aliphatic carbocycles. The van der Waals surface area contributed by atoms with Gasteiger partial charge in [0, 0.05) is 13.1 Å². The van der Waals surface area contributed by atoms with Crippen LogP contribution in [0.3, 0.4) is 0 Å². The molecule has 0 radical (unpaired) electrons. The summed E-state index contributed by atoms with van der Waals surface area (Å²) < 4.78 is 9.59. The highest BCUT2D eigenvalue weighted by Gasteiger charge is 2.23. The van der Waals surface area contributed by atoms with Crippen molar-refractivity contribution in [2.45, 2.75) is 19.9 Å². The van der Waals surface area contributed by atoms with Gasteiger partial charge in [-0.15, -0.1) is 0 Å². The van der Waals surface area contributed by atoms with Gasteiger partial charge in [0.2, 0.25) is 5.91 Å². The van der Waals surface area contributed by atoms with Crippen molar-refractivity contribution in [3.8, 4) is 17.1 Å². The third-order valence-corrected chi connectivity index (χ3v) is 4.89. The van der Waals surface area contributed by atoms with E-state index in [4.69, 9.17) is 4.74 Å². The Morgan fingerprint density at radius 1 is 1.18 bits per heavy atom. The molecule has 2 aromatic heterocycles. The lowest BCUT2D eigenvalue weighted by atomic mass is 10.1. The molecule has 0 fully saturated rings. The monoisotopic (exact) mass is 396 g/mol. The van der Waals surface area contributed by atoms with Crippen molar-refractivity contribution < 1.29 is 14.3 Å². The molecule has 7 nitrogen and oxygen atoms in total. The number of nitrogens with zero attached hydrogens (tertiary/aromatic N) is 2. The molecular weight excluding hydrogens is 376 g/mol. The number of aromatic nitrogens is 2. The number of carbonyl (C=O) groups is 2. The second-order valence-electron chi connectivity index (χ2n) is 6.10. The lowest BCUT2D eigenvalue weighted by Crippen LogP contribution is -2.27. The molecule has 0 spiro atoms. The van der Waals surface area contributed by atoms with Crippen LogP contribution in [0.15, 0.2) is 48.7 Å². The fraction of sp³-hybridized carbons (Fsp3) is 0.200. The first kappa shape index (κ1) is 19.5. The van der Waals surface area contributed by atoms with Crippen LogP contribution in [0.2, 0.25) is 0 Å². The third-order valence-electron chi connectivity index (χ3n) is 4.05. The van der Waals surface area contributed by atoms with Gasteiger partial charge in [-0.3, -0.25) is 14.6 Å². The molecule has 0 saturated heterocycles. The number of carbonyl (C=O) groups excluding carboxylic acids is 2. The maximum absolute atomic E-state index is 12.9. The first-order chi connectivity index (χ1) is 13.5. The highest BCUT2D eigenvalue weighted by atomic mass is 32.1. The Morgan fingerprint density at radius 3 is 2.68 bits per heavy atom. The van der Waals surface area contributed by atoms with Crippen molar-refractivity contribution in [1.82, 2.24) is 14.7 Å². The van der Waals surface area contributed by atoms with Gasteiger partial charge in [-0.05, 0) is 48.3 Å². The first-order valence-electron chi connectivity index (χ1n) is 8.63. The molecule has 0 bridgehead atoms. The Morgan fingerprint density at radius 2 is 2.00 bits per heavy atom. The first-order valence-corrected chi connectivity index (χ1v) is 9.40. The van der Waals surface area contributed by atoms with E-state index in [1.807, 2.05) is 37.3 Å². The number of rotatable bonds is 6. The Balaban J connectivity index is 1.88. The molecule has 0 aliphatic heterocycles. The van der Waals surface area contributed by atoms with Gasteiger partial charge in [0.25, 0.3) is 5.91 Å². The summed E-state index contributed by atoms with van der Waals surface area (Å²) in [4.78, 5) is 29.2. The predicted octanol–water partition coefficient (Wildman–Crippen LogP) is 3.66. The Hall–Kier alpha value is -3.26. The zero-order valence-corrected chi connectivity index (χ0v) is 16.5. The fourth-order valence-corrected chi connectivity index (χ4v) is 3.42. The van der Waals surface area contributed by atoms with Crippen molar-refractivity contribution in [2.24, 2.45) is 0 Å². The number of hydrogen-bond donors (Lipinski definition) is 2. The number of methoxy groups -OCH3 is 1. The molecule has 2 heterocycles. The molecule has 0 aliphatic rings. The summed E-state index contributed by atoms with van der Waals surface area (Å²) in [6, 6.07) is 12.6. The standard InChI is InChI=1S/C20H20N4O3S/c1-12(14-7-6-8-15(11-14)27-3)22-20(26)19-18(23-13(2)25)17(24-28-19)16-9-4-5-10-21-16/h4-12H,1-3H3,(H,22,26)(H,23,25)/t12-/m0/s1. The van der Waals surface area contributed by atoms with E-state index >= 15 is 0 Å². The molecule has 1 atom stereocenters. The van der Waals surface area contributed by atoms with Gasteiger partial charge in [0.1, 0.15) is 16.3 Å². The molecule has 28 heavy (non-hydrogen) atoms. The van der Waals surface area contributed by atoms with Crippen LogP contribution in [-0.2, 0) is 4.79 Å². The maximum Gasteiger partial charge on any atom is 0.265 e. The molecular formula is C20H20N4O3S. The van der Waals surface area contributed by atoms with Gasteiger partial charge < -0.3 is 15.4 Å². The number of nitrogens with one attached hydrogen (secondary N) is 2. The smallest absolute Gasteiger partial charge is 0.265 e. The van der Waals surface area contributed by atoms with E-state index < -0.39 is 0 Å². The van der Waals surface area contributed by atoms with Crippen LogP contribution in [-0.4, -0.2) is 28.3 Å². The van der Waals surface area contributed by atoms with Crippen LogP contribution in [0.25, 0.3) is 11.4 Å². The number of hydrogen-bond acceptors (Lipinski definition) is 6. The highest BCUT2D eigenvalue weighted by molar-refractivity contribution is 7.09. The van der Waals surface area contributed by atoms with Crippen LogP contribution in [0.4, 0.5) is 5.69 Å². The Labute approximate surface area is 166 Å². The van der Waals surface area contributed by atoms with E-state index in [0.29, 0.717) is 27.7 Å². The minimum absolute atomic E-state index is 0.256. The van der Waals surface area contributed by atoms with Crippen LogP contribution < -0.4 is 15.4 Å². The summed E-state index contributed by atoms with van der Waals surface area (Å²) in [7, 11) is 1.60. The quantitative estimate of drug-likeness (QED) is 0.663. The summed E-state index contributed by atoms with van der Waals surface area (Å²) in [6.07, 6.45) is 1.64. The Bertz CT molecular complexity index is 988. The number of amides is 2. The van der Waals surface area contributed by atoms with Crippen molar-refractivity contribution >= 4 is 29.0 Å². The number of pyridine rings is 1. The average molecular weight is 396 g/mol. The van der Waals surface area contributed by atoms with Gasteiger partial charge >= 0.3 is 0 Å². The second kappa shape index (κ2) is 8.62. The van der Waals surface area contributed by atoms with Crippen molar-refractivity contribution in [3.63, 3.8) is 0 Å². The highest BCUT2D eigenvalue weighted by Crippen LogP contribution is 2.32. The lowest BCUT2D eigenvalue weighted by Gasteiger charge is -2.15. The van der Waals surface area contributed by atoms with Gasteiger partial charge in [-0.1, -0.05) is 18.2 Å². The molecule has 2 amide bonds. The number of benzene rings is 1. The van der Waals surface area contributed by atoms with Crippen LogP contribution in [0.5, 0.6) is 5.75 Å². The minimum Gasteiger partial charge on any atom is -0.497 e. The van der Waals surface area contributed by atoms with Crippen LogP contribution >= 0.6 is 11.5 Å². The molecule has 2 N–H and O–H groups in total. The van der Waals surface area contributed by atoms with E-state index in [2.05, 4.69) is 20.0 Å². The summed E-state index contributed by atoms with van der Waals surface area (Å²) in [5, 5.41) is 5.67. The molecule has 8 heteroatoms. The van der Waals surface area contributed by atoms with Gasteiger partial charge in [0.05, 0.1) is 24.5 Å². The van der Waals surface area contributed by atoms with Gasteiger partial charge in [-0.25, -0.2) is 0 Å². The van der Waals surface area contributed by atoms with Gasteiger partial charge in [0.15, 0.2) is 0 Å². The topological polar surface area (TPSA) is 93.2 Å². The van der Waals surface area contributed by atoms with Gasteiger partial charge in [-0.2, -0.15) is 4.37 Å². The predicted molar refractivity (Wildman–Crippen MR) is 109 cm³/mol. The van der Waals surface area contributed by atoms with E-state index in [9.17, 15) is 9.59 Å². The largest absolute Gasteiger partial charge is 0.497 e. The van der Waals surface area contributed by atoms with Crippen molar-refractivity contribution in [3.05, 3.63) is 59.1 Å².